The van der Waals surface area contributed by atoms with E-state index in [4.69, 9.17) is 11.5 Å². The fraction of sp³-hybridized carbons (Fsp3) is 0.364. The molecule has 1 rings (SSSR count). The van der Waals surface area contributed by atoms with E-state index >= 15 is 0 Å². The Morgan fingerprint density at radius 2 is 2.18 bits per heavy atom. The van der Waals surface area contributed by atoms with E-state index in [1.54, 1.807) is 18.4 Å². The number of hydrogen-bond donors (Lipinski definition) is 3. The summed E-state index contributed by atoms with van der Waals surface area (Å²) in [5.41, 5.74) is 12.5. The molecule has 1 amide bonds. The first kappa shape index (κ1) is 13.5. The molecule has 2 unspecified atom stereocenters. The molecule has 0 aliphatic carbocycles. The number of hydrogen-bond acceptors (Lipinski definition) is 4. The van der Waals surface area contributed by atoms with Gasteiger partial charge in [0.1, 0.15) is 0 Å². The minimum atomic E-state index is -0.880. The van der Waals surface area contributed by atoms with Crippen LogP contribution in [0.25, 0.3) is 0 Å². The summed E-state index contributed by atoms with van der Waals surface area (Å²) < 4.78 is 11.2. The third-order valence-electron chi connectivity index (χ3n) is 2.48. The number of carbonyl (C=O) groups excluding carboxylic acids is 1. The molecular weight excluding hydrogens is 238 g/mol. The smallest absolute Gasteiger partial charge is 0.248 e. The monoisotopic (exact) mass is 255 g/mol. The highest BCUT2D eigenvalue weighted by molar-refractivity contribution is 7.84. The highest BCUT2D eigenvalue weighted by atomic mass is 32.2. The molecule has 1 aromatic carbocycles. The Morgan fingerprint density at radius 1 is 1.53 bits per heavy atom. The number of nitrogens with two attached hydrogens (primary N) is 2. The van der Waals surface area contributed by atoms with Crippen LogP contribution in [0.3, 0.4) is 0 Å². The van der Waals surface area contributed by atoms with Crippen molar-refractivity contribution in [2.75, 3.05) is 23.9 Å². The van der Waals surface area contributed by atoms with E-state index in [9.17, 15) is 9.00 Å². The van der Waals surface area contributed by atoms with E-state index in [-0.39, 0.29) is 5.25 Å². The van der Waals surface area contributed by atoms with Crippen LogP contribution in [0.15, 0.2) is 18.2 Å². The largest absolute Gasteiger partial charge is 0.397 e. The predicted molar refractivity (Wildman–Crippen MR) is 71.4 cm³/mol. The van der Waals surface area contributed by atoms with Gasteiger partial charge in [0.25, 0.3) is 0 Å². The van der Waals surface area contributed by atoms with Crippen LogP contribution >= 0.6 is 0 Å². The third kappa shape index (κ3) is 3.74. The van der Waals surface area contributed by atoms with Crippen LogP contribution in [-0.2, 0) is 10.8 Å². The van der Waals surface area contributed by atoms with Gasteiger partial charge in [0, 0.05) is 34.4 Å². The highest BCUT2D eigenvalue weighted by Crippen LogP contribution is 2.19. The van der Waals surface area contributed by atoms with Crippen molar-refractivity contribution in [2.24, 2.45) is 5.73 Å². The number of primary amides is 1. The second-order valence-electron chi connectivity index (χ2n) is 3.86. The normalized spacial score (nSPS) is 14.0. The quantitative estimate of drug-likeness (QED) is 0.669. The van der Waals surface area contributed by atoms with Gasteiger partial charge in [0.05, 0.1) is 11.4 Å². The van der Waals surface area contributed by atoms with Crippen molar-refractivity contribution in [2.45, 2.75) is 12.2 Å². The fourth-order valence-electron chi connectivity index (χ4n) is 1.25. The number of rotatable bonds is 5. The maximum atomic E-state index is 11.2. The Bertz CT molecular complexity index is 448. The van der Waals surface area contributed by atoms with Gasteiger partial charge in [-0.05, 0) is 25.1 Å². The molecule has 2 atom stereocenters. The van der Waals surface area contributed by atoms with Crippen LogP contribution in [0.2, 0.25) is 0 Å². The van der Waals surface area contributed by atoms with Gasteiger partial charge in [0.15, 0.2) is 0 Å². The van der Waals surface area contributed by atoms with Gasteiger partial charge in [-0.2, -0.15) is 0 Å². The second kappa shape index (κ2) is 5.67. The van der Waals surface area contributed by atoms with Gasteiger partial charge in [-0.1, -0.05) is 0 Å². The fourth-order valence-corrected chi connectivity index (χ4v) is 1.57. The average Bonchev–Trinajstić information content (AvgIpc) is 2.26. The molecule has 1 aromatic rings. The lowest BCUT2D eigenvalue weighted by Crippen LogP contribution is -2.21. The van der Waals surface area contributed by atoms with E-state index in [2.05, 4.69) is 5.32 Å². The van der Waals surface area contributed by atoms with E-state index in [0.29, 0.717) is 23.5 Å². The van der Waals surface area contributed by atoms with Crippen molar-refractivity contribution in [1.82, 2.24) is 0 Å². The summed E-state index contributed by atoms with van der Waals surface area (Å²) in [5, 5.41) is 3.12. The molecule has 0 fully saturated rings. The molecule has 0 bridgehead atoms. The number of nitrogen functional groups attached to an aromatic ring is 1. The van der Waals surface area contributed by atoms with Crippen LogP contribution in [0.5, 0.6) is 0 Å². The Hall–Kier alpha value is -1.56. The van der Waals surface area contributed by atoms with Gasteiger partial charge in [0.2, 0.25) is 5.91 Å². The molecule has 0 saturated heterocycles. The topological polar surface area (TPSA) is 98.2 Å². The average molecular weight is 255 g/mol. The molecule has 0 spiro atoms. The van der Waals surface area contributed by atoms with Crippen LogP contribution in [0.1, 0.15) is 17.3 Å². The molecule has 17 heavy (non-hydrogen) atoms. The number of anilines is 2. The molecule has 0 heterocycles. The van der Waals surface area contributed by atoms with Gasteiger partial charge in [-0.15, -0.1) is 0 Å². The number of carbonyl (C=O) groups is 1. The van der Waals surface area contributed by atoms with Gasteiger partial charge in [-0.3, -0.25) is 9.00 Å². The molecule has 0 aliphatic rings. The maximum Gasteiger partial charge on any atom is 0.248 e. The summed E-state index contributed by atoms with van der Waals surface area (Å²) in [7, 11) is -0.880. The van der Waals surface area contributed by atoms with Crippen LogP contribution in [-0.4, -0.2) is 28.2 Å². The van der Waals surface area contributed by atoms with Crippen molar-refractivity contribution < 1.29 is 9.00 Å². The zero-order chi connectivity index (χ0) is 13.0. The first-order chi connectivity index (χ1) is 7.91. The van der Waals surface area contributed by atoms with Crippen molar-refractivity contribution in [3.05, 3.63) is 23.8 Å². The maximum absolute atomic E-state index is 11.2. The molecule has 5 nitrogen and oxygen atoms in total. The summed E-state index contributed by atoms with van der Waals surface area (Å²) >= 11 is 0. The van der Waals surface area contributed by atoms with Crippen LogP contribution in [0.4, 0.5) is 11.4 Å². The first-order valence-corrected chi connectivity index (χ1v) is 6.79. The molecule has 0 saturated carbocycles. The molecule has 6 heteroatoms. The van der Waals surface area contributed by atoms with Crippen molar-refractivity contribution >= 4 is 28.1 Å². The minimum Gasteiger partial charge on any atom is -0.397 e. The SMILES string of the molecule is CC(CNc1ccc(C(N)=O)cc1N)S(C)=O. The standard InChI is InChI=1S/C11H17N3O2S/c1-7(17(2)16)6-14-10-4-3-8(11(13)15)5-9(10)12/h3-5,7,14H,6,12H2,1-2H3,(H2,13,15). The summed E-state index contributed by atoms with van der Waals surface area (Å²) in [6.45, 7) is 2.44. The lowest BCUT2D eigenvalue weighted by molar-refractivity contribution is 0.100. The van der Waals surface area contributed by atoms with Crippen LogP contribution in [0, 0.1) is 0 Å². The Balaban J connectivity index is 2.73. The summed E-state index contributed by atoms with van der Waals surface area (Å²) in [5.74, 6) is -0.508. The highest BCUT2D eigenvalue weighted by Gasteiger charge is 2.08. The van der Waals surface area contributed by atoms with E-state index in [1.807, 2.05) is 6.92 Å². The predicted octanol–water partition coefficient (Wildman–Crippen LogP) is 0.547. The van der Waals surface area contributed by atoms with Crippen molar-refractivity contribution in [1.29, 1.82) is 0 Å². The summed E-state index contributed by atoms with van der Waals surface area (Å²) in [6.07, 6.45) is 1.66. The van der Waals surface area contributed by atoms with Gasteiger partial charge < -0.3 is 16.8 Å². The molecule has 0 radical (unpaired) electrons. The number of benzene rings is 1. The molecule has 0 aliphatic heterocycles. The van der Waals surface area contributed by atoms with Gasteiger partial charge >= 0.3 is 0 Å². The van der Waals surface area contributed by atoms with E-state index in [0.717, 1.165) is 0 Å². The number of amides is 1. The zero-order valence-corrected chi connectivity index (χ0v) is 10.7. The Kier molecular flexibility index (Phi) is 4.51. The lowest BCUT2D eigenvalue weighted by Gasteiger charge is -2.13. The second-order valence-corrected chi connectivity index (χ2v) is 5.66. The Labute approximate surface area is 103 Å². The molecule has 5 N–H and O–H groups in total. The van der Waals surface area contributed by atoms with E-state index < -0.39 is 16.7 Å². The van der Waals surface area contributed by atoms with Gasteiger partial charge in [-0.25, -0.2) is 0 Å². The number of nitrogens with one attached hydrogen (secondary N) is 1. The van der Waals surface area contributed by atoms with Crippen LogP contribution < -0.4 is 16.8 Å². The molecule has 0 aromatic heterocycles. The summed E-state index contributed by atoms with van der Waals surface area (Å²) in [6, 6.07) is 4.83. The van der Waals surface area contributed by atoms with Crippen molar-refractivity contribution in [3.63, 3.8) is 0 Å². The Morgan fingerprint density at radius 3 is 2.65 bits per heavy atom. The zero-order valence-electron chi connectivity index (χ0n) is 9.90. The molecular formula is C11H17N3O2S. The third-order valence-corrected chi connectivity index (χ3v) is 3.78. The van der Waals surface area contributed by atoms with E-state index in [1.165, 1.54) is 6.07 Å². The summed E-state index contributed by atoms with van der Waals surface area (Å²) in [4.78, 5) is 10.9. The first-order valence-electron chi connectivity index (χ1n) is 5.17. The molecule has 94 valence electrons. The lowest BCUT2D eigenvalue weighted by atomic mass is 10.1. The van der Waals surface area contributed by atoms with Crippen molar-refractivity contribution in [3.8, 4) is 0 Å². The minimum absolute atomic E-state index is 0.0326.